The molecule has 3 aromatic carbocycles. The van der Waals surface area contributed by atoms with Crippen LogP contribution in [-0.4, -0.2) is 31.2 Å². The second-order valence-electron chi connectivity index (χ2n) is 10.1. The van der Waals surface area contributed by atoms with Gasteiger partial charge in [-0.05, 0) is 107 Å². The van der Waals surface area contributed by atoms with Gasteiger partial charge in [0, 0.05) is 29.7 Å². The van der Waals surface area contributed by atoms with Crippen molar-refractivity contribution in [2.24, 2.45) is 0 Å². The first-order chi connectivity index (χ1) is 17.4. The molecule has 3 aromatic rings. The molecule has 5 rings (SSSR count). The van der Waals surface area contributed by atoms with Crippen molar-refractivity contribution in [2.45, 2.75) is 39.5 Å². The van der Waals surface area contributed by atoms with Gasteiger partial charge in [0.1, 0.15) is 0 Å². The van der Waals surface area contributed by atoms with E-state index in [1.165, 1.54) is 50.1 Å². The first-order valence-corrected chi connectivity index (χ1v) is 13.6. The minimum atomic E-state index is -0.239. The van der Waals surface area contributed by atoms with E-state index in [-0.39, 0.29) is 6.67 Å². The van der Waals surface area contributed by atoms with Crippen molar-refractivity contribution in [1.29, 1.82) is 0 Å². The van der Waals surface area contributed by atoms with Crippen LogP contribution in [0, 0.1) is 13.8 Å². The maximum absolute atomic E-state index is 12.5. The van der Waals surface area contributed by atoms with Crippen LogP contribution < -0.4 is 0 Å². The number of likely N-dealkylation sites (tertiary alicyclic amines) is 1. The maximum Gasteiger partial charge on any atom is 0.0906 e. The Hall–Kier alpha value is -2.39. The molecule has 0 unspecified atom stereocenters. The summed E-state index contributed by atoms with van der Waals surface area (Å²) in [5.74, 6) is 0. The third kappa shape index (κ3) is 5.18. The molecule has 1 aliphatic carbocycles. The Morgan fingerprint density at radius 1 is 0.917 bits per heavy atom. The van der Waals surface area contributed by atoms with Gasteiger partial charge in [-0.15, -0.1) is 0 Å². The summed E-state index contributed by atoms with van der Waals surface area (Å²) < 4.78 is 12.5. The Morgan fingerprint density at radius 3 is 2.39 bits per heavy atom. The van der Waals surface area contributed by atoms with E-state index in [9.17, 15) is 4.39 Å². The van der Waals surface area contributed by atoms with Crippen LogP contribution in [0.25, 0.3) is 17.2 Å². The van der Waals surface area contributed by atoms with Gasteiger partial charge in [-0.3, -0.25) is 9.29 Å². The lowest BCUT2D eigenvalue weighted by Gasteiger charge is -2.34. The fourth-order valence-electron chi connectivity index (χ4n) is 5.67. The van der Waals surface area contributed by atoms with Gasteiger partial charge in [-0.1, -0.05) is 71.7 Å². The second-order valence-corrected chi connectivity index (χ2v) is 10.9. The number of hydrogen-bond donors (Lipinski definition) is 0. The van der Waals surface area contributed by atoms with Gasteiger partial charge in [0.25, 0.3) is 0 Å². The zero-order valence-electron chi connectivity index (χ0n) is 21.0. The first kappa shape index (κ1) is 25.3. The van der Waals surface area contributed by atoms with Gasteiger partial charge in [0.15, 0.2) is 0 Å². The summed E-state index contributed by atoms with van der Waals surface area (Å²) in [6.07, 6.45) is 6.05. The number of allylic oxidation sites excluding steroid dienone is 1. The Labute approximate surface area is 224 Å². The number of aryl methyl sites for hydroxylation is 3. The summed E-state index contributed by atoms with van der Waals surface area (Å²) in [7, 11) is 0. The van der Waals surface area contributed by atoms with E-state index >= 15 is 0 Å². The highest BCUT2D eigenvalue weighted by molar-refractivity contribution is 6.36. The van der Waals surface area contributed by atoms with E-state index in [1.807, 2.05) is 12.1 Å². The van der Waals surface area contributed by atoms with Crippen LogP contribution in [0.3, 0.4) is 0 Å². The average molecular weight is 521 g/mol. The minimum Gasteiger partial charge on any atom is -0.295 e. The smallest absolute Gasteiger partial charge is 0.0906 e. The molecule has 1 saturated heterocycles. The number of benzene rings is 3. The molecule has 0 aromatic heterocycles. The first-order valence-electron chi connectivity index (χ1n) is 12.8. The maximum atomic E-state index is 12.5. The van der Waals surface area contributed by atoms with Crippen LogP contribution >= 0.6 is 23.2 Å². The molecule has 0 N–H and O–H groups in total. The van der Waals surface area contributed by atoms with Gasteiger partial charge < -0.3 is 0 Å². The molecule has 2 aliphatic rings. The molecule has 0 radical (unpaired) electrons. The molecule has 0 atom stereocenters. The molecule has 0 amide bonds. The van der Waals surface area contributed by atoms with E-state index in [2.05, 4.69) is 67.3 Å². The molecule has 4 heteroatoms. The lowest BCUT2D eigenvalue weighted by Crippen LogP contribution is -2.40. The Kier molecular flexibility index (Phi) is 7.67. The molecule has 0 spiro atoms. The standard InChI is InChI=1S/C32H32Cl2FN/c1-21-15-25(16-22(2)30(21)17-23-19-36(20-23)14-6-13-35)32-27-9-4-3-7-24(27)8-5-10-29(32)28-12-11-26(33)18-31(28)34/h3-4,7,9,11-12,15-18H,5-6,8,10,13-14,19-20H2,1-2H3. The summed E-state index contributed by atoms with van der Waals surface area (Å²) in [6.45, 7) is 6.91. The van der Waals surface area contributed by atoms with E-state index < -0.39 is 0 Å². The molecule has 0 bridgehead atoms. The van der Waals surface area contributed by atoms with Crippen molar-refractivity contribution >= 4 is 40.4 Å². The van der Waals surface area contributed by atoms with Crippen LogP contribution in [0.1, 0.15) is 58.2 Å². The summed E-state index contributed by atoms with van der Waals surface area (Å²) >= 11 is 13.0. The Balaban J connectivity index is 1.60. The van der Waals surface area contributed by atoms with Crippen molar-refractivity contribution in [1.82, 2.24) is 4.90 Å². The van der Waals surface area contributed by atoms with Gasteiger partial charge in [-0.25, -0.2) is 0 Å². The SMILES string of the molecule is Cc1cc(C2=C(c3ccc(Cl)cc3Cl)CCCc3ccccc32)cc(C)c1C=C1CN(CCCF)C1. The van der Waals surface area contributed by atoms with E-state index in [1.54, 1.807) is 0 Å². The van der Waals surface area contributed by atoms with Gasteiger partial charge in [0.2, 0.25) is 0 Å². The van der Waals surface area contributed by atoms with E-state index in [4.69, 9.17) is 23.2 Å². The molecular formula is C32H32Cl2FN. The second kappa shape index (κ2) is 10.9. The van der Waals surface area contributed by atoms with Crippen LogP contribution in [-0.2, 0) is 6.42 Å². The largest absolute Gasteiger partial charge is 0.295 e. The monoisotopic (exact) mass is 519 g/mol. The number of alkyl halides is 1. The zero-order chi connectivity index (χ0) is 25.2. The molecule has 1 nitrogen and oxygen atoms in total. The number of halogens is 3. The summed E-state index contributed by atoms with van der Waals surface area (Å²) in [6, 6.07) is 19.3. The van der Waals surface area contributed by atoms with E-state index in [0.29, 0.717) is 16.5 Å². The van der Waals surface area contributed by atoms with Crippen molar-refractivity contribution in [3.8, 4) is 0 Å². The summed E-state index contributed by atoms with van der Waals surface area (Å²) in [4.78, 5) is 2.31. The molecule has 36 heavy (non-hydrogen) atoms. The third-order valence-electron chi connectivity index (χ3n) is 7.41. The highest BCUT2D eigenvalue weighted by atomic mass is 35.5. The highest BCUT2D eigenvalue weighted by Crippen LogP contribution is 2.43. The Morgan fingerprint density at radius 2 is 1.67 bits per heavy atom. The highest BCUT2D eigenvalue weighted by Gasteiger charge is 2.23. The van der Waals surface area contributed by atoms with Crippen LogP contribution in [0.2, 0.25) is 10.0 Å². The lowest BCUT2D eigenvalue weighted by molar-refractivity contribution is 0.239. The number of rotatable bonds is 6. The fraction of sp³-hybridized carbons (Fsp3) is 0.312. The third-order valence-corrected chi connectivity index (χ3v) is 7.96. The Bertz CT molecular complexity index is 1320. The van der Waals surface area contributed by atoms with Crippen molar-refractivity contribution < 1.29 is 4.39 Å². The van der Waals surface area contributed by atoms with Crippen molar-refractivity contribution in [3.05, 3.63) is 109 Å². The molecule has 1 aliphatic heterocycles. The quantitative estimate of drug-likeness (QED) is 0.314. The van der Waals surface area contributed by atoms with Crippen LogP contribution in [0.4, 0.5) is 4.39 Å². The predicted molar refractivity (Wildman–Crippen MR) is 153 cm³/mol. The van der Waals surface area contributed by atoms with Gasteiger partial charge in [0.05, 0.1) is 6.67 Å². The molecule has 0 saturated carbocycles. The molecular weight excluding hydrogens is 488 g/mol. The van der Waals surface area contributed by atoms with Gasteiger partial charge >= 0.3 is 0 Å². The normalized spacial score (nSPS) is 16.0. The number of nitrogens with zero attached hydrogens (tertiary/aromatic N) is 1. The van der Waals surface area contributed by atoms with Crippen molar-refractivity contribution in [2.75, 3.05) is 26.3 Å². The fourth-order valence-corrected chi connectivity index (χ4v) is 6.19. The number of hydrogen-bond acceptors (Lipinski definition) is 1. The molecule has 1 heterocycles. The minimum absolute atomic E-state index is 0.239. The summed E-state index contributed by atoms with van der Waals surface area (Å²) in [5, 5.41) is 1.36. The van der Waals surface area contributed by atoms with Crippen LogP contribution in [0.5, 0.6) is 0 Å². The summed E-state index contributed by atoms with van der Waals surface area (Å²) in [5.41, 5.74) is 12.8. The molecule has 186 valence electrons. The number of fused-ring (bicyclic) bond motifs is 1. The van der Waals surface area contributed by atoms with Gasteiger partial charge in [-0.2, -0.15) is 0 Å². The lowest BCUT2D eigenvalue weighted by atomic mass is 9.85. The van der Waals surface area contributed by atoms with Crippen LogP contribution in [0.15, 0.2) is 60.2 Å². The topological polar surface area (TPSA) is 3.24 Å². The molecule has 1 fully saturated rings. The van der Waals surface area contributed by atoms with Crippen molar-refractivity contribution in [3.63, 3.8) is 0 Å². The zero-order valence-corrected chi connectivity index (χ0v) is 22.5. The van der Waals surface area contributed by atoms with E-state index in [0.717, 1.165) is 44.5 Å². The predicted octanol–water partition coefficient (Wildman–Crippen LogP) is 8.96. The average Bonchev–Trinajstić information content (AvgIpc) is 3.01.